The molecule has 1 fully saturated rings. The molecule has 2 rings (SSSR count). The lowest BCUT2D eigenvalue weighted by molar-refractivity contribution is -0.161. The number of amides is 2. The molecule has 6 nitrogen and oxygen atoms in total. The maximum absolute atomic E-state index is 12.7. The molecule has 1 aromatic rings. The number of carbonyl (C=O) groups excluding carboxylic acids is 3. The van der Waals surface area contributed by atoms with Crippen molar-refractivity contribution in [3.05, 3.63) is 34.3 Å². The van der Waals surface area contributed by atoms with Crippen molar-refractivity contribution in [3.8, 4) is 0 Å². The Kier molecular flexibility index (Phi) is 5.99. The molecule has 1 aliphatic rings. The molecule has 0 aliphatic carbocycles. The number of likely N-dealkylation sites (tertiary alicyclic amines) is 1. The number of benzene rings is 1. The second kappa shape index (κ2) is 7.79. The second-order valence-corrected chi connectivity index (χ2v) is 6.98. The molecule has 1 N–H and O–H groups in total. The average molecular weight is 397 g/mol. The molecule has 1 aliphatic heterocycles. The Hall–Kier alpha value is -1.89. The largest absolute Gasteiger partial charge is 0.467 e. The molecule has 1 heterocycles. The van der Waals surface area contributed by atoms with Gasteiger partial charge in [0.1, 0.15) is 12.1 Å². The van der Waals surface area contributed by atoms with Gasteiger partial charge in [0.15, 0.2) is 0 Å². The lowest BCUT2D eigenvalue weighted by atomic mass is 9.96. The van der Waals surface area contributed by atoms with Crippen LogP contribution in [-0.4, -0.2) is 48.4 Å². The van der Waals surface area contributed by atoms with Crippen LogP contribution in [0.4, 0.5) is 0 Å². The first-order valence-corrected chi connectivity index (χ1v) is 8.59. The van der Waals surface area contributed by atoms with Crippen LogP contribution in [0.2, 0.25) is 0 Å². The van der Waals surface area contributed by atoms with Gasteiger partial charge in [-0.1, -0.05) is 29.8 Å². The number of halogens is 1. The number of rotatable bonds is 5. The van der Waals surface area contributed by atoms with E-state index in [9.17, 15) is 14.4 Å². The van der Waals surface area contributed by atoms with Gasteiger partial charge in [-0.15, -0.1) is 0 Å². The van der Waals surface area contributed by atoms with Gasteiger partial charge >= 0.3 is 5.97 Å². The van der Waals surface area contributed by atoms with Crippen LogP contribution < -0.4 is 5.32 Å². The van der Waals surface area contributed by atoms with Gasteiger partial charge in [-0.25, -0.2) is 4.79 Å². The van der Waals surface area contributed by atoms with Crippen molar-refractivity contribution in [3.63, 3.8) is 0 Å². The maximum atomic E-state index is 12.7. The molecule has 2 amide bonds. The van der Waals surface area contributed by atoms with Crippen molar-refractivity contribution < 1.29 is 19.1 Å². The van der Waals surface area contributed by atoms with Gasteiger partial charge in [0.05, 0.1) is 7.11 Å². The highest BCUT2D eigenvalue weighted by atomic mass is 79.9. The predicted molar refractivity (Wildman–Crippen MR) is 92.4 cm³/mol. The minimum absolute atomic E-state index is 0.101. The van der Waals surface area contributed by atoms with Crippen molar-refractivity contribution in [1.82, 2.24) is 10.2 Å². The first-order valence-electron chi connectivity index (χ1n) is 7.80. The van der Waals surface area contributed by atoms with E-state index in [1.165, 1.54) is 12.0 Å². The number of esters is 1. The first-order chi connectivity index (χ1) is 11.3. The standard InChI is InChI=1S/C17H21BrN2O4/c1-10(2)14(16(22)20-9-8-13(20)17(23)24-3)19-15(21)11-4-6-12(18)7-5-11/h4-7,10,13-14H,8-9H2,1-3H3,(H,19,21)/t13-,14?/m0/s1. The van der Waals surface area contributed by atoms with E-state index in [0.717, 1.165) is 4.47 Å². The highest BCUT2D eigenvalue weighted by Gasteiger charge is 2.42. The smallest absolute Gasteiger partial charge is 0.328 e. The summed E-state index contributed by atoms with van der Waals surface area (Å²) in [5, 5.41) is 2.78. The molecule has 1 unspecified atom stereocenters. The Morgan fingerprint density at radius 2 is 1.88 bits per heavy atom. The summed E-state index contributed by atoms with van der Waals surface area (Å²) in [6, 6.07) is 5.67. The van der Waals surface area contributed by atoms with Crippen molar-refractivity contribution >= 4 is 33.7 Å². The van der Waals surface area contributed by atoms with Crippen LogP contribution in [0.5, 0.6) is 0 Å². The summed E-state index contributed by atoms with van der Waals surface area (Å²) in [5.41, 5.74) is 0.477. The van der Waals surface area contributed by atoms with E-state index in [2.05, 4.69) is 21.2 Å². The zero-order valence-corrected chi connectivity index (χ0v) is 15.5. The van der Waals surface area contributed by atoms with Crippen molar-refractivity contribution in [2.75, 3.05) is 13.7 Å². The lowest BCUT2D eigenvalue weighted by Gasteiger charge is -2.41. The fourth-order valence-corrected chi connectivity index (χ4v) is 2.81. The molecule has 7 heteroatoms. The molecule has 0 radical (unpaired) electrons. The number of nitrogens with zero attached hydrogens (tertiary/aromatic N) is 1. The summed E-state index contributed by atoms with van der Waals surface area (Å²) >= 11 is 3.32. The first kappa shape index (κ1) is 18.4. The van der Waals surface area contributed by atoms with E-state index in [1.54, 1.807) is 24.3 Å². The van der Waals surface area contributed by atoms with Crippen LogP contribution in [-0.2, 0) is 14.3 Å². The summed E-state index contributed by atoms with van der Waals surface area (Å²) in [4.78, 5) is 38.2. The molecule has 1 saturated heterocycles. The van der Waals surface area contributed by atoms with Gasteiger partial charge in [0.25, 0.3) is 5.91 Å². The molecule has 130 valence electrons. The average Bonchev–Trinajstić information content (AvgIpc) is 2.51. The highest BCUT2D eigenvalue weighted by molar-refractivity contribution is 9.10. The molecular weight excluding hydrogens is 376 g/mol. The summed E-state index contributed by atoms with van der Waals surface area (Å²) in [7, 11) is 1.30. The van der Waals surface area contributed by atoms with Crippen molar-refractivity contribution in [2.24, 2.45) is 5.92 Å². The monoisotopic (exact) mass is 396 g/mol. The fraction of sp³-hybridized carbons (Fsp3) is 0.471. The second-order valence-electron chi connectivity index (χ2n) is 6.06. The molecule has 0 aromatic heterocycles. The number of hydrogen-bond donors (Lipinski definition) is 1. The number of methoxy groups -OCH3 is 1. The quantitative estimate of drug-likeness (QED) is 0.771. The van der Waals surface area contributed by atoms with Gasteiger partial charge < -0.3 is 15.0 Å². The Bertz CT molecular complexity index is 630. The van der Waals surface area contributed by atoms with Gasteiger partial charge in [0, 0.05) is 16.6 Å². The van der Waals surface area contributed by atoms with Crippen LogP contribution in [0.25, 0.3) is 0 Å². The zero-order chi connectivity index (χ0) is 17.9. The molecule has 0 bridgehead atoms. The van der Waals surface area contributed by atoms with Crippen LogP contribution in [0.3, 0.4) is 0 Å². The third kappa shape index (κ3) is 3.95. The number of hydrogen-bond acceptors (Lipinski definition) is 4. The van der Waals surface area contributed by atoms with Gasteiger partial charge in [-0.05, 0) is 36.6 Å². The van der Waals surface area contributed by atoms with Gasteiger partial charge in [0.2, 0.25) is 5.91 Å². The molecule has 0 spiro atoms. The minimum Gasteiger partial charge on any atom is -0.467 e. The van der Waals surface area contributed by atoms with E-state index in [-0.39, 0.29) is 17.7 Å². The Labute approximate surface area is 149 Å². The third-order valence-corrected chi connectivity index (χ3v) is 4.63. The summed E-state index contributed by atoms with van der Waals surface area (Å²) < 4.78 is 5.58. The number of nitrogens with one attached hydrogen (secondary N) is 1. The van der Waals surface area contributed by atoms with Crippen LogP contribution in [0.15, 0.2) is 28.7 Å². The fourth-order valence-electron chi connectivity index (χ4n) is 2.55. The summed E-state index contributed by atoms with van der Waals surface area (Å²) in [5.74, 6) is -1.09. The van der Waals surface area contributed by atoms with E-state index in [4.69, 9.17) is 4.74 Å². The third-order valence-electron chi connectivity index (χ3n) is 4.10. The molecular formula is C17H21BrN2O4. The van der Waals surface area contributed by atoms with Crippen LogP contribution >= 0.6 is 15.9 Å². The lowest BCUT2D eigenvalue weighted by Crippen LogP contribution is -2.61. The van der Waals surface area contributed by atoms with Crippen molar-refractivity contribution in [2.45, 2.75) is 32.4 Å². The Morgan fingerprint density at radius 1 is 1.25 bits per heavy atom. The topological polar surface area (TPSA) is 75.7 Å². The zero-order valence-electron chi connectivity index (χ0n) is 13.9. The van der Waals surface area contributed by atoms with Gasteiger partial charge in [-0.2, -0.15) is 0 Å². The van der Waals surface area contributed by atoms with Gasteiger partial charge in [-0.3, -0.25) is 9.59 Å². The van der Waals surface area contributed by atoms with Crippen molar-refractivity contribution in [1.29, 1.82) is 0 Å². The molecule has 0 saturated carbocycles. The van der Waals surface area contributed by atoms with E-state index >= 15 is 0 Å². The van der Waals surface area contributed by atoms with Crippen LogP contribution in [0, 0.1) is 5.92 Å². The van der Waals surface area contributed by atoms with Crippen LogP contribution in [0.1, 0.15) is 30.6 Å². The number of ether oxygens (including phenoxy) is 1. The molecule has 24 heavy (non-hydrogen) atoms. The van der Waals surface area contributed by atoms with E-state index in [1.807, 2.05) is 13.8 Å². The van der Waals surface area contributed by atoms with E-state index in [0.29, 0.717) is 18.5 Å². The molecule has 2 atom stereocenters. The number of carbonyl (C=O) groups is 3. The summed E-state index contributed by atoms with van der Waals surface area (Å²) in [6.07, 6.45) is 0.587. The minimum atomic E-state index is -0.686. The molecule has 1 aromatic carbocycles. The Balaban J connectivity index is 2.09. The van der Waals surface area contributed by atoms with E-state index < -0.39 is 18.1 Å². The highest BCUT2D eigenvalue weighted by Crippen LogP contribution is 2.22. The SMILES string of the molecule is COC(=O)[C@@H]1CCN1C(=O)C(NC(=O)c1ccc(Br)cc1)C(C)C. The maximum Gasteiger partial charge on any atom is 0.328 e. The normalized spacial score (nSPS) is 17.9. The Morgan fingerprint density at radius 3 is 2.33 bits per heavy atom. The predicted octanol–water partition coefficient (Wildman–Crippen LogP) is 1.98. The summed E-state index contributed by atoms with van der Waals surface area (Å²) in [6.45, 7) is 4.21.